The highest BCUT2D eigenvalue weighted by Gasteiger charge is 2.43. The smallest absolute Gasteiger partial charge is 0.161 e. The number of methoxy groups -OCH3 is 2. The third-order valence-electron chi connectivity index (χ3n) is 9.64. The van der Waals surface area contributed by atoms with Crippen LogP contribution in [0.25, 0.3) is 0 Å². The number of halogens is 1. The number of piperidine rings is 1. The first kappa shape index (κ1) is 26.3. The van der Waals surface area contributed by atoms with Crippen LogP contribution in [0, 0.1) is 5.82 Å². The normalized spacial score (nSPS) is 24.7. The first-order valence-electron chi connectivity index (χ1n) is 14.5. The van der Waals surface area contributed by atoms with Gasteiger partial charge >= 0.3 is 0 Å². The Labute approximate surface area is 232 Å². The third kappa shape index (κ3) is 4.74. The van der Waals surface area contributed by atoms with Crippen LogP contribution in [-0.4, -0.2) is 44.4 Å². The van der Waals surface area contributed by atoms with E-state index in [1.165, 1.54) is 47.9 Å². The van der Waals surface area contributed by atoms with E-state index in [1.807, 2.05) is 12.1 Å². The maximum Gasteiger partial charge on any atom is 0.161 e. The molecule has 1 saturated heterocycles. The van der Waals surface area contributed by atoms with Gasteiger partial charge in [0.2, 0.25) is 0 Å². The van der Waals surface area contributed by atoms with Crippen LogP contribution in [0.1, 0.15) is 66.3 Å². The van der Waals surface area contributed by atoms with Crippen LogP contribution in [0.2, 0.25) is 0 Å². The zero-order chi connectivity index (χ0) is 26.9. The monoisotopic (exact) mass is 529 g/mol. The highest BCUT2D eigenvalue weighted by atomic mass is 19.1. The predicted molar refractivity (Wildman–Crippen MR) is 152 cm³/mol. The Balaban J connectivity index is 1.26. The molecule has 0 radical (unpaired) electrons. The number of fused-ring (bicyclic) bond motifs is 2. The first-order valence-corrected chi connectivity index (χ1v) is 14.5. The Bertz CT molecular complexity index is 1330. The van der Waals surface area contributed by atoms with Gasteiger partial charge in [0.1, 0.15) is 5.82 Å². The van der Waals surface area contributed by atoms with Crippen molar-refractivity contribution in [3.8, 4) is 11.5 Å². The molecule has 206 valence electrons. The van der Waals surface area contributed by atoms with E-state index in [4.69, 9.17) is 14.2 Å². The average molecular weight is 530 g/mol. The summed E-state index contributed by atoms with van der Waals surface area (Å²) in [7, 11) is 3.43. The summed E-state index contributed by atoms with van der Waals surface area (Å²) >= 11 is 0. The van der Waals surface area contributed by atoms with Gasteiger partial charge in [-0.2, -0.15) is 0 Å². The molecule has 0 amide bonds. The molecule has 2 atom stereocenters. The topological polar surface area (TPSA) is 30.9 Å². The molecule has 3 aromatic carbocycles. The molecule has 4 nitrogen and oxygen atoms in total. The van der Waals surface area contributed by atoms with Gasteiger partial charge < -0.3 is 14.2 Å². The molecule has 1 fully saturated rings. The van der Waals surface area contributed by atoms with E-state index in [9.17, 15) is 0 Å². The molecule has 0 saturated carbocycles. The Morgan fingerprint density at radius 3 is 2.41 bits per heavy atom. The first-order chi connectivity index (χ1) is 19.1. The van der Waals surface area contributed by atoms with Crippen LogP contribution >= 0.6 is 0 Å². The second kappa shape index (κ2) is 10.9. The predicted octanol–water partition coefficient (Wildman–Crippen LogP) is 6.85. The van der Waals surface area contributed by atoms with Crippen LogP contribution in [0.5, 0.6) is 11.5 Å². The minimum atomic E-state index is -0.466. The van der Waals surface area contributed by atoms with Crippen LogP contribution in [0.15, 0.2) is 60.7 Å². The van der Waals surface area contributed by atoms with E-state index in [-0.39, 0.29) is 11.4 Å². The fourth-order valence-corrected chi connectivity index (χ4v) is 7.67. The van der Waals surface area contributed by atoms with Crippen LogP contribution in [-0.2, 0) is 29.6 Å². The zero-order valence-corrected chi connectivity index (χ0v) is 23.3. The molecule has 3 aliphatic rings. The van der Waals surface area contributed by atoms with E-state index < -0.39 is 5.41 Å². The van der Waals surface area contributed by atoms with Crippen molar-refractivity contribution >= 4 is 0 Å². The molecule has 2 aliphatic heterocycles. The van der Waals surface area contributed by atoms with Gasteiger partial charge in [0.15, 0.2) is 11.5 Å². The van der Waals surface area contributed by atoms with Gasteiger partial charge in [-0.05, 0) is 98.5 Å². The number of hydrogen-bond acceptors (Lipinski definition) is 4. The summed E-state index contributed by atoms with van der Waals surface area (Å²) in [6.07, 6.45) is 8.88. The number of likely N-dealkylation sites (tertiary alicyclic amines) is 1. The minimum Gasteiger partial charge on any atom is -0.493 e. The Morgan fingerprint density at radius 2 is 1.62 bits per heavy atom. The molecule has 0 bridgehead atoms. The lowest BCUT2D eigenvalue weighted by Gasteiger charge is -2.50. The Kier molecular flexibility index (Phi) is 7.39. The minimum absolute atomic E-state index is 0.138. The van der Waals surface area contributed by atoms with Gasteiger partial charge in [-0.1, -0.05) is 48.9 Å². The molecule has 0 N–H and O–H groups in total. The van der Waals surface area contributed by atoms with Crippen LogP contribution in [0.3, 0.4) is 0 Å². The van der Waals surface area contributed by atoms with Gasteiger partial charge in [0.25, 0.3) is 0 Å². The lowest BCUT2D eigenvalue weighted by Crippen LogP contribution is -2.55. The molecule has 3 aromatic rings. The number of hydrogen-bond donors (Lipinski definition) is 0. The van der Waals surface area contributed by atoms with Gasteiger partial charge in [-0.15, -0.1) is 0 Å². The van der Waals surface area contributed by atoms with E-state index in [1.54, 1.807) is 26.4 Å². The molecule has 1 spiro atoms. The molecule has 5 heteroatoms. The van der Waals surface area contributed by atoms with Crippen LogP contribution in [0.4, 0.5) is 4.39 Å². The van der Waals surface area contributed by atoms with E-state index in [0.717, 1.165) is 55.8 Å². The number of rotatable bonds is 7. The van der Waals surface area contributed by atoms with Crippen LogP contribution < -0.4 is 9.47 Å². The summed E-state index contributed by atoms with van der Waals surface area (Å²) in [6.45, 7) is 3.25. The zero-order valence-electron chi connectivity index (χ0n) is 23.3. The summed E-state index contributed by atoms with van der Waals surface area (Å²) in [5.41, 5.74) is 5.65. The van der Waals surface area contributed by atoms with Gasteiger partial charge in [0, 0.05) is 16.5 Å². The summed E-state index contributed by atoms with van der Waals surface area (Å²) in [5.74, 6) is 1.50. The highest BCUT2D eigenvalue weighted by molar-refractivity contribution is 5.49. The molecular weight excluding hydrogens is 489 g/mol. The third-order valence-corrected chi connectivity index (χ3v) is 9.64. The van der Waals surface area contributed by atoms with Gasteiger partial charge in [0.05, 0.1) is 27.4 Å². The van der Waals surface area contributed by atoms with Crippen molar-refractivity contribution in [3.63, 3.8) is 0 Å². The molecule has 6 rings (SSSR count). The van der Waals surface area contributed by atoms with E-state index in [2.05, 4.69) is 41.3 Å². The molecule has 1 aliphatic carbocycles. The lowest BCUT2D eigenvalue weighted by atomic mass is 9.68. The number of nitrogens with zero attached hydrogens (tertiary/aromatic N) is 1. The van der Waals surface area contributed by atoms with Crippen molar-refractivity contribution in [2.45, 2.75) is 68.9 Å². The lowest BCUT2D eigenvalue weighted by molar-refractivity contribution is 0.0258. The fraction of sp³-hybridized carbons (Fsp3) is 0.471. The Morgan fingerprint density at radius 1 is 0.872 bits per heavy atom. The van der Waals surface area contributed by atoms with Gasteiger partial charge in [-0.25, -0.2) is 4.39 Å². The van der Waals surface area contributed by atoms with Gasteiger partial charge in [-0.3, -0.25) is 4.90 Å². The number of benzene rings is 3. The summed E-state index contributed by atoms with van der Waals surface area (Å²) in [4.78, 5) is 2.76. The summed E-state index contributed by atoms with van der Waals surface area (Å²) < 4.78 is 32.7. The Hall–Kier alpha value is -2.89. The standard InChI is InChI=1S/C34H40FNO3/c1-37-31-20-25-14-17-33(22-27(25)21-32(31)38-2)15-7-8-18-36(33)19-9-16-34(29-12-5-6-13-30(29)35)24-39-23-26-10-3-4-11-28(26)34/h3-6,10-13,20-21H,7-9,14-19,22-24H2,1-2H3. The molecule has 39 heavy (non-hydrogen) atoms. The average Bonchev–Trinajstić information content (AvgIpc) is 2.98. The van der Waals surface area contributed by atoms with Crippen molar-refractivity contribution < 1.29 is 18.6 Å². The highest BCUT2D eigenvalue weighted by Crippen LogP contribution is 2.45. The maximum absolute atomic E-state index is 15.4. The fourth-order valence-electron chi connectivity index (χ4n) is 7.67. The largest absolute Gasteiger partial charge is 0.493 e. The van der Waals surface area contributed by atoms with Crippen molar-refractivity contribution in [3.05, 3.63) is 94.3 Å². The molecule has 2 unspecified atom stereocenters. The molecule has 2 heterocycles. The molecule has 0 aromatic heterocycles. The summed E-state index contributed by atoms with van der Waals surface area (Å²) in [6, 6.07) is 20.1. The van der Waals surface area contributed by atoms with Crippen molar-refractivity contribution in [1.29, 1.82) is 0 Å². The van der Waals surface area contributed by atoms with E-state index >= 15 is 4.39 Å². The SMILES string of the molecule is COc1cc2c(cc1OC)CC1(CCCCN1CCCC1(c3ccccc3F)COCc3ccccc31)CC2. The van der Waals surface area contributed by atoms with Crippen molar-refractivity contribution in [2.75, 3.05) is 33.9 Å². The molecular formula is C34H40FNO3. The van der Waals surface area contributed by atoms with E-state index in [0.29, 0.717) is 13.2 Å². The number of aryl methyl sites for hydroxylation is 1. The number of ether oxygens (including phenoxy) is 3. The maximum atomic E-state index is 15.4. The van der Waals surface area contributed by atoms with Crippen molar-refractivity contribution in [1.82, 2.24) is 4.90 Å². The second-order valence-corrected chi connectivity index (χ2v) is 11.6. The van der Waals surface area contributed by atoms with Crippen molar-refractivity contribution in [2.24, 2.45) is 0 Å². The quantitative estimate of drug-likeness (QED) is 0.335. The second-order valence-electron chi connectivity index (χ2n) is 11.6. The summed E-state index contributed by atoms with van der Waals surface area (Å²) in [5, 5.41) is 0.